The molecule has 0 radical (unpaired) electrons. The minimum Gasteiger partial charge on any atom is -0.395 e. The van der Waals surface area contributed by atoms with E-state index < -0.39 is 0 Å². The second-order valence-electron chi connectivity index (χ2n) is 4.97. The van der Waals surface area contributed by atoms with Gasteiger partial charge in [-0.25, -0.2) is 0 Å². The van der Waals surface area contributed by atoms with E-state index in [1.807, 2.05) is 11.8 Å². The van der Waals surface area contributed by atoms with Crippen LogP contribution in [-0.2, 0) is 5.75 Å². The van der Waals surface area contributed by atoms with E-state index in [0.29, 0.717) is 6.04 Å². The molecule has 0 bridgehead atoms. The van der Waals surface area contributed by atoms with Gasteiger partial charge in [0, 0.05) is 17.8 Å². The zero-order valence-electron chi connectivity index (χ0n) is 11.6. The molecule has 1 aromatic rings. The lowest BCUT2D eigenvalue weighted by molar-refractivity contribution is 0.232. The molecule has 0 aliphatic rings. The summed E-state index contributed by atoms with van der Waals surface area (Å²) in [4.78, 5) is 0. The highest BCUT2D eigenvalue weighted by atomic mass is 32.2. The first-order chi connectivity index (χ1) is 8.63. The maximum Gasteiger partial charge on any atom is 0.0585 e. The number of rotatable bonds is 8. The number of aliphatic hydroxyl groups excluding tert-OH is 1. The summed E-state index contributed by atoms with van der Waals surface area (Å²) in [6, 6.07) is 9.20. The number of thioether (sulfide) groups is 1. The molecular formula is C15H25NOS. The second-order valence-corrected chi connectivity index (χ2v) is 6.07. The van der Waals surface area contributed by atoms with Crippen molar-refractivity contribution in [3.63, 3.8) is 0 Å². The number of benzene rings is 1. The second kappa shape index (κ2) is 8.57. The number of aryl methyl sites for hydroxylation is 1. The van der Waals surface area contributed by atoms with Gasteiger partial charge in [0.15, 0.2) is 0 Å². The number of aliphatic hydroxyl groups is 1. The fraction of sp³-hybridized carbons (Fsp3) is 0.600. The first-order valence-corrected chi connectivity index (χ1v) is 7.78. The summed E-state index contributed by atoms with van der Waals surface area (Å²) in [6.45, 7) is 6.61. The van der Waals surface area contributed by atoms with Crippen molar-refractivity contribution < 1.29 is 5.11 Å². The van der Waals surface area contributed by atoms with Gasteiger partial charge >= 0.3 is 0 Å². The van der Waals surface area contributed by atoms with Gasteiger partial charge in [0.05, 0.1) is 6.61 Å². The molecule has 0 saturated carbocycles. The molecule has 0 heterocycles. The maximum atomic E-state index is 9.26. The Morgan fingerprint density at radius 2 is 2.00 bits per heavy atom. The molecule has 0 aliphatic heterocycles. The fourth-order valence-electron chi connectivity index (χ4n) is 1.88. The van der Waals surface area contributed by atoms with Crippen LogP contribution in [-0.4, -0.2) is 29.5 Å². The van der Waals surface area contributed by atoms with E-state index >= 15 is 0 Å². The van der Waals surface area contributed by atoms with Crippen molar-refractivity contribution in [2.75, 3.05) is 12.4 Å². The highest BCUT2D eigenvalue weighted by Crippen LogP contribution is 2.17. The van der Waals surface area contributed by atoms with Crippen LogP contribution in [0.1, 0.15) is 31.4 Å². The predicted molar refractivity (Wildman–Crippen MR) is 81.1 cm³/mol. The highest BCUT2D eigenvalue weighted by molar-refractivity contribution is 7.98. The van der Waals surface area contributed by atoms with Gasteiger partial charge in [0.25, 0.3) is 0 Å². The number of hydrogen-bond acceptors (Lipinski definition) is 3. The Bertz CT molecular complexity index is 341. The molecule has 2 N–H and O–H groups in total. The molecule has 0 amide bonds. The van der Waals surface area contributed by atoms with E-state index in [0.717, 1.165) is 17.9 Å². The fourth-order valence-corrected chi connectivity index (χ4v) is 3.02. The molecule has 1 unspecified atom stereocenters. The summed E-state index contributed by atoms with van der Waals surface area (Å²) >= 11 is 1.94. The van der Waals surface area contributed by atoms with Crippen LogP contribution >= 0.6 is 11.8 Å². The quantitative estimate of drug-likeness (QED) is 0.710. The summed E-state index contributed by atoms with van der Waals surface area (Å²) in [5.74, 6) is 2.14. The zero-order chi connectivity index (χ0) is 13.4. The van der Waals surface area contributed by atoms with Crippen molar-refractivity contribution in [1.82, 2.24) is 5.32 Å². The maximum absolute atomic E-state index is 9.26. The first-order valence-electron chi connectivity index (χ1n) is 6.62. The molecule has 1 rings (SSSR count). The number of nitrogens with one attached hydrogen (secondary N) is 1. The topological polar surface area (TPSA) is 32.3 Å². The van der Waals surface area contributed by atoms with Crippen LogP contribution in [0.15, 0.2) is 24.3 Å². The van der Waals surface area contributed by atoms with Gasteiger partial charge < -0.3 is 10.4 Å². The van der Waals surface area contributed by atoms with Crippen LogP contribution in [0, 0.1) is 6.92 Å². The molecule has 1 atom stereocenters. The molecule has 0 saturated heterocycles. The monoisotopic (exact) mass is 267 g/mol. The molecule has 18 heavy (non-hydrogen) atoms. The lowest BCUT2D eigenvalue weighted by Crippen LogP contribution is -2.37. The Labute approximate surface area is 115 Å². The molecule has 0 spiro atoms. The van der Waals surface area contributed by atoms with E-state index in [2.05, 4.69) is 50.4 Å². The SMILES string of the molecule is Cc1ccccc1CSCCC(CO)NC(C)C. The van der Waals surface area contributed by atoms with Crippen molar-refractivity contribution in [3.05, 3.63) is 35.4 Å². The van der Waals surface area contributed by atoms with Gasteiger partial charge in [-0.3, -0.25) is 0 Å². The van der Waals surface area contributed by atoms with Gasteiger partial charge in [-0.15, -0.1) is 0 Å². The molecule has 0 fully saturated rings. The van der Waals surface area contributed by atoms with E-state index in [1.54, 1.807) is 0 Å². The molecule has 0 aliphatic carbocycles. The van der Waals surface area contributed by atoms with Crippen LogP contribution in [0.4, 0.5) is 0 Å². The molecule has 3 heteroatoms. The summed E-state index contributed by atoms with van der Waals surface area (Å²) in [7, 11) is 0. The van der Waals surface area contributed by atoms with E-state index in [1.165, 1.54) is 11.1 Å². The van der Waals surface area contributed by atoms with Crippen molar-refractivity contribution in [2.24, 2.45) is 0 Å². The van der Waals surface area contributed by atoms with Crippen molar-refractivity contribution in [3.8, 4) is 0 Å². The van der Waals surface area contributed by atoms with Crippen molar-refractivity contribution >= 4 is 11.8 Å². The van der Waals surface area contributed by atoms with Gasteiger partial charge in [-0.05, 0) is 30.2 Å². The van der Waals surface area contributed by atoms with Crippen molar-refractivity contribution in [2.45, 2.75) is 45.0 Å². The summed E-state index contributed by atoms with van der Waals surface area (Å²) in [5, 5.41) is 12.6. The van der Waals surface area contributed by atoms with E-state index in [4.69, 9.17) is 0 Å². The average molecular weight is 267 g/mol. The largest absolute Gasteiger partial charge is 0.395 e. The Morgan fingerprint density at radius 1 is 1.28 bits per heavy atom. The standard InChI is InChI=1S/C15H25NOS/c1-12(2)16-15(10-17)8-9-18-11-14-7-5-4-6-13(14)3/h4-7,12,15-17H,8-11H2,1-3H3. The minimum absolute atomic E-state index is 0.225. The Morgan fingerprint density at radius 3 is 2.61 bits per heavy atom. The smallest absolute Gasteiger partial charge is 0.0585 e. The van der Waals surface area contributed by atoms with E-state index in [-0.39, 0.29) is 12.6 Å². The normalized spacial score (nSPS) is 12.9. The van der Waals surface area contributed by atoms with Gasteiger partial charge in [0.2, 0.25) is 0 Å². The zero-order valence-corrected chi connectivity index (χ0v) is 12.5. The van der Waals surface area contributed by atoms with E-state index in [9.17, 15) is 5.11 Å². The Balaban J connectivity index is 2.24. The molecular weight excluding hydrogens is 242 g/mol. The third-order valence-corrected chi connectivity index (χ3v) is 3.96. The summed E-state index contributed by atoms with van der Waals surface area (Å²) < 4.78 is 0. The first kappa shape index (κ1) is 15.5. The molecule has 102 valence electrons. The average Bonchev–Trinajstić information content (AvgIpc) is 2.34. The summed E-state index contributed by atoms with van der Waals surface area (Å²) in [6.07, 6.45) is 1.02. The lowest BCUT2D eigenvalue weighted by atomic mass is 10.1. The molecule has 1 aromatic carbocycles. The third kappa shape index (κ3) is 5.89. The van der Waals surface area contributed by atoms with Gasteiger partial charge in [-0.2, -0.15) is 11.8 Å². The molecule has 2 nitrogen and oxygen atoms in total. The van der Waals surface area contributed by atoms with Crippen molar-refractivity contribution in [1.29, 1.82) is 0 Å². The predicted octanol–water partition coefficient (Wildman–Crippen LogP) is 2.98. The van der Waals surface area contributed by atoms with Crippen LogP contribution in [0.5, 0.6) is 0 Å². The van der Waals surface area contributed by atoms with Gasteiger partial charge in [0.1, 0.15) is 0 Å². The molecule has 0 aromatic heterocycles. The lowest BCUT2D eigenvalue weighted by Gasteiger charge is -2.18. The third-order valence-electron chi connectivity index (χ3n) is 2.92. The van der Waals surface area contributed by atoms with Gasteiger partial charge in [-0.1, -0.05) is 38.1 Å². The Kier molecular flexibility index (Phi) is 7.40. The number of hydrogen-bond donors (Lipinski definition) is 2. The van der Waals surface area contributed by atoms with Crippen LogP contribution in [0.2, 0.25) is 0 Å². The summed E-state index contributed by atoms with van der Waals surface area (Å²) in [5.41, 5.74) is 2.78. The highest BCUT2D eigenvalue weighted by Gasteiger charge is 2.08. The van der Waals surface area contributed by atoms with Crippen LogP contribution < -0.4 is 5.32 Å². The van der Waals surface area contributed by atoms with Crippen LogP contribution in [0.3, 0.4) is 0 Å². The Hall–Kier alpha value is -0.510. The minimum atomic E-state index is 0.225. The van der Waals surface area contributed by atoms with Crippen LogP contribution in [0.25, 0.3) is 0 Å².